The molecule has 2 nitrogen and oxygen atoms in total. The first-order chi connectivity index (χ1) is 9.58. The highest BCUT2D eigenvalue weighted by Crippen LogP contribution is 2.28. The molecule has 2 aromatic carbocycles. The van der Waals surface area contributed by atoms with Gasteiger partial charge in [0.15, 0.2) is 0 Å². The summed E-state index contributed by atoms with van der Waals surface area (Å²) in [5, 5.41) is 0. The summed E-state index contributed by atoms with van der Waals surface area (Å²) < 4.78 is 20.4. The maximum absolute atomic E-state index is 13.4. The number of rotatable bonds is 5. The van der Waals surface area contributed by atoms with Crippen LogP contribution >= 0.6 is 22.6 Å². The Hall–Kier alpha value is -1.14. The number of hydrogen-bond acceptors (Lipinski definition) is 2. The molecule has 20 heavy (non-hydrogen) atoms. The average Bonchev–Trinajstić information content (AvgIpc) is 2.42. The van der Waals surface area contributed by atoms with Crippen molar-refractivity contribution >= 4 is 22.6 Å². The van der Waals surface area contributed by atoms with Crippen LogP contribution in [0.3, 0.4) is 0 Å². The van der Waals surface area contributed by atoms with Crippen LogP contribution in [0.25, 0.3) is 0 Å². The Labute approximate surface area is 132 Å². The Morgan fingerprint density at radius 2 is 2.05 bits per heavy atom. The van der Waals surface area contributed by atoms with E-state index in [9.17, 15) is 4.39 Å². The molecule has 0 aliphatic heterocycles. The van der Waals surface area contributed by atoms with Gasteiger partial charge in [-0.2, -0.15) is 0 Å². The van der Waals surface area contributed by atoms with Gasteiger partial charge in [0.2, 0.25) is 0 Å². The molecule has 2 rings (SSSR count). The summed E-state index contributed by atoms with van der Waals surface area (Å²) in [6, 6.07) is 12.3. The SMILES string of the molecule is CCC(N)Cc1cc(F)ccc1Oc1cccc(I)c1. The lowest BCUT2D eigenvalue weighted by atomic mass is 10.0. The fourth-order valence-corrected chi connectivity index (χ4v) is 2.41. The Bertz CT molecular complexity index is 588. The second kappa shape index (κ2) is 7.04. The van der Waals surface area contributed by atoms with Gasteiger partial charge in [0.1, 0.15) is 17.3 Å². The zero-order valence-corrected chi connectivity index (χ0v) is 13.4. The highest BCUT2D eigenvalue weighted by atomic mass is 127. The molecule has 0 aromatic heterocycles. The van der Waals surface area contributed by atoms with Crippen molar-refractivity contribution in [2.45, 2.75) is 25.8 Å². The summed E-state index contributed by atoms with van der Waals surface area (Å²) in [7, 11) is 0. The average molecular weight is 385 g/mol. The topological polar surface area (TPSA) is 35.2 Å². The van der Waals surface area contributed by atoms with Crippen LogP contribution in [-0.2, 0) is 6.42 Å². The Kier molecular flexibility index (Phi) is 5.37. The minimum absolute atomic E-state index is 0.00931. The van der Waals surface area contributed by atoms with E-state index in [-0.39, 0.29) is 11.9 Å². The number of benzene rings is 2. The molecular formula is C16H17FINO. The van der Waals surface area contributed by atoms with Crippen LogP contribution in [0, 0.1) is 9.39 Å². The maximum atomic E-state index is 13.4. The van der Waals surface area contributed by atoms with Crippen LogP contribution in [0.15, 0.2) is 42.5 Å². The van der Waals surface area contributed by atoms with Crippen molar-refractivity contribution in [3.05, 3.63) is 57.4 Å². The highest BCUT2D eigenvalue weighted by molar-refractivity contribution is 14.1. The Morgan fingerprint density at radius 1 is 1.25 bits per heavy atom. The number of nitrogens with two attached hydrogens (primary N) is 1. The monoisotopic (exact) mass is 385 g/mol. The maximum Gasteiger partial charge on any atom is 0.130 e. The second-order valence-electron chi connectivity index (χ2n) is 4.68. The molecule has 0 bridgehead atoms. The molecule has 0 saturated heterocycles. The summed E-state index contributed by atoms with van der Waals surface area (Å²) >= 11 is 2.23. The first kappa shape index (κ1) is 15.3. The van der Waals surface area contributed by atoms with Crippen LogP contribution in [-0.4, -0.2) is 6.04 Å². The van der Waals surface area contributed by atoms with E-state index in [1.807, 2.05) is 31.2 Å². The van der Waals surface area contributed by atoms with E-state index in [1.165, 1.54) is 12.1 Å². The highest BCUT2D eigenvalue weighted by Gasteiger charge is 2.10. The fraction of sp³-hybridized carbons (Fsp3) is 0.250. The van der Waals surface area contributed by atoms with Gasteiger partial charge >= 0.3 is 0 Å². The molecule has 0 spiro atoms. The molecule has 1 unspecified atom stereocenters. The number of halogens is 2. The molecular weight excluding hydrogens is 368 g/mol. The summed E-state index contributed by atoms with van der Waals surface area (Å²) in [6.45, 7) is 2.02. The van der Waals surface area contributed by atoms with Gasteiger partial charge in [-0.15, -0.1) is 0 Å². The third-order valence-corrected chi connectivity index (χ3v) is 3.72. The molecule has 0 fully saturated rings. The standard InChI is InChI=1S/C16H17FINO/c1-2-14(19)9-11-8-12(17)6-7-16(11)20-15-5-3-4-13(18)10-15/h3-8,10,14H,2,9,19H2,1H3. The van der Waals surface area contributed by atoms with E-state index >= 15 is 0 Å². The molecule has 0 amide bonds. The molecule has 2 aromatic rings. The summed E-state index contributed by atoms with van der Waals surface area (Å²) in [5.74, 6) is 1.14. The van der Waals surface area contributed by atoms with E-state index in [0.717, 1.165) is 21.3 Å². The largest absolute Gasteiger partial charge is 0.457 e. The van der Waals surface area contributed by atoms with Crippen LogP contribution in [0.4, 0.5) is 4.39 Å². The summed E-state index contributed by atoms with van der Waals surface area (Å²) in [6.07, 6.45) is 1.45. The normalized spacial score (nSPS) is 12.2. The van der Waals surface area contributed by atoms with Crippen LogP contribution in [0.1, 0.15) is 18.9 Å². The van der Waals surface area contributed by atoms with Crippen LogP contribution < -0.4 is 10.5 Å². The van der Waals surface area contributed by atoms with Crippen molar-refractivity contribution in [3.63, 3.8) is 0 Å². The van der Waals surface area contributed by atoms with E-state index in [1.54, 1.807) is 6.07 Å². The molecule has 0 saturated carbocycles. The van der Waals surface area contributed by atoms with Crippen molar-refractivity contribution in [1.82, 2.24) is 0 Å². The smallest absolute Gasteiger partial charge is 0.130 e. The lowest BCUT2D eigenvalue weighted by Gasteiger charge is -2.14. The Balaban J connectivity index is 2.26. The van der Waals surface area contributed by atoms with Gasteiger partial charge < -0.3 is 10.5 Å². The van der Waals surface area contributed by atoms with E-state index < -0.39 is 0 Å². The van der Waals surface area contributed by atoms with E-state index in [4.69, 9.17) is 10.5 Å². The first-order valence-corrected chi connectivity index (χ1v) is 7.63. The Morgan fingerprint density at radius 3 is 2.75 bits per heavy atom. The van der Waals surface area contributed by atoms with Crippen molar-refractivity contribution in [1.29, 1.82) is 0 Å². The summed E-state index contributed by atoms with van der Waals surface area (Å²) in [4.78, 5) is 0. The quantitative estimate of drug-likeness (QED) is 0.770. The minimum Gasteiger partial charge on any atom is -0.457 e. The number of ether oxygens (including phenoxy) is 1. The third-order valence-electron chi connectivity index (χ3n) is 3.05. The van der Waals surface area contributed by atoms with E-state index in [0.29, 0.717) is 12.2 Å². The minimum atomic E-state index is -0.265. The zero-order chi connectivity index (χ0) is 14.5. The lowest BCUT2D eigenvalue weighted by molar-refractivity contribution is 0.469. The second-order valence-corrected chi connectivity index (χ2v) is 5.93. The molecule has 0 heterocycles. The molecule has 0 aliphatic carbocycles. The van der Waals surface area contributed by atoms with Crippen LogP contribution in [0.5, 0.6) is 11.5 Å². The van der Waals surface area contributed by atoms with Crippen molar-refractivity contribution in [2.24, 2.45) is 5.73 Å². The summed E-state index contributed by atoms with van der Waals surface area (Å²) in [5.41, 5.74) is 6.77. The van der Waals surface area contributed by atoms with Gasteiger partial charge in [-0.25, -0.2) is 4.39 Å². The van der Waals surface area contributed by atoms with Crippen molar-refractivity contribution in [2.75, 3.05) is 0 Å². The zero-order valence-electron chi connectivity index (χ0n) is 11.3. The molecule has 0 radical (unpaired) electrons. The molecule has 4 heteroatoms. The predicted molar refractivity (Wildman–Crippen MR) is 87.6 cm³/mol. The van der Waals surface area contributed by atoms with Crippen molar-refractivity contribution in [3.8, 4) is 11.5 Å². The molecule has 1 atom stereocenters. The van der Waals surface area contributed by atoms with Gasteiger partial charge in [0, 0.05) is 9.61 Å². The van der Waals surface area contributed by atoms with Crippen molar-refractivity contribution < 1.29 is 9.13 Å². The third kappa shape index (κ3) is 4.18. The predicted octanol–water partition coefficient (Wildman–Crippen LogP) is 4.50. The van der Waals surface area contributed by atoms with E-state index in [2.05, 4.69) is 22.6 Å². The molecule has 2 N–H and O–H groups in total. The van der Waals surface area contributed by atoms with Gasteiger partial charge in [-0.3, -0.25) is 0 Å². The lowest BCUT2D eigenvalue weighted by Crippen LogP contribution is -2.21. The molecule has 0 aliphatic rings. The van der Waals surface area contributed by atoms with Gasteiger partial charge in [-0.1, -0.05) is 13.0 Å². The van der Waals surface area contributed by atoms with Crippen LogP contribution in [0.2, 0.25) is 0 Å². The molecule has 106 valence electrons. The van der Waals surface area contributed by atoms with Gasteiger partial charge in [-0.05, 0) is 77.4 Å². The number of hydrogen-bond donors (Lipinski definition) is 1. The van der Waals surface area contributed by atoms with Gasteiger partial charge in [0.05, 0.1) is 0 Å². The fourth-order valence-electron chi connectivity index (χ4n) is 1.89. The van der Waals surface area contributed by atoms with Gasteiger partial charge in [0.25, 0.3) is 0 Å². The first-order valence-electron chi connectivity index (χ1n) is 6.56.